The Labute approximate surface area is 149 Å². The molecule has 0 saturated carbocycles. The Morgan fingerprint density at radius 2 is 2.00 bits per heavy atom. The van der Waals surface area contributed by atoms with Crippen LogP contribution in [0.4, 0.5) is 0 Å². The Morgan fingerprint density at radius 1 is 1.16 bits per heavy atom. The molecule has 2 heteroatoms. The predicted octanol–water partition coefficient (Wildman–Crippen LogP) is 4.48. The van der Waals surface area contributed by atoms with Crippen LogP contribution in [0.2, 0.25) is 0 Å². The highest BCUT2D eigenvalue weighted by Crippen LogP contribution is 2.25. The van der Waals surface area contributed by atoms with Crippen LogP contribution in [0.1, 0.15) is 28.7 Å². The van der Waals surface area contributed by atoms with Crippen molar-refractivity contribution in [3.8, 4) is 0 Å². The summed E-state index contributed by atoms with van der Waals surface area (Å²) in [6.45, 7) is 3.89. The standard InChI is InChI=1S/C23H24N2/c1-2-17(12-16-10-11-18-6-5-7-19(18)13-16)22(24)14-20-15-25-23-9-4-3-8-21(20)23/h3-4,8-11,13,15,22,25H,1,5-7,12,14,24H2. The molecule has 1 aliphatic rings. The third-order valence-electron chi connectivity index (χ3n) is 5.35. The molecule has 0 fully saturated rings. The summed E-state index contributed by atoms with van der Waals surface area (Å²) in [5, 5.41) is 1.25. The lowest BCUT2D eigenvalue weighted by atomic mass is 9.93. The molecule has 0 aliphatic heterocycles. The summed E-state index contributed by atoms with van der Waals surface area (Å²) in [6.07, 6.45) is 7.41. The van der Waals surface area contributed by atoms with Crippen molar-refractivity contribution in [3.05, 3.63) is 88.8 Å². The van der Waals surface area contributed by atoms with Crippen molar-refractivity contribution < 1.29 is 0 Å². The third-order valence-corrected chi connectivity index (χ3v) is 5.35. The summed E-state index contributed by atoms with van der Waals surface area (Å²) in [5.74, 6) is 0. The van der Waals surface area contributed by atoms with Crippen molar-refractivity contribution in [3.63, 3.8) is 0 Å². The molecule has 1 unspecified atom stereocenters. The Balaban J connectivity index is 1.52. The monoisotopic (exact) mass is 328 g/mol. The molecular formula is C23H24N2. The topological polar surface area (TPSA) is 41.8 Å². The molecule has 3 N–H and O–H groups in total. The molecule has 0 amide bonds. The first-order valence-electron chi connectivity index (χ1n) is 9.04. The van der Waals surface area contributed by atoms with Gasteiger partial charge in [0.2, 0.25) is 0 Å². The van der Waals surface area contributed by atoms with E-state index in [-0.39, 0.29) is 6.04 Å². The molecule has 126 valence electrons. The molecule has 1 atom stereocenters. The number of nitrogens with two attached hydrogens (primary N) is 1. The van der Waals surface area contributed by atoms with Gasteiger partial charge in [-0.1, -0.05) is 43.0 Å². The Hall–Kier alpha value is -2.54. The fourth-order valence-electron chi connectivity index (χ4n) is 3.94. The van der Waals surface area contributed by atoms with Gasteiger partial charge in [0.1, 0.15) is 0 Å². The lowest BCUT2D eigenvalue weighted by Crippen LogP contribution is -2.26. The fourth-order valence-corrected chi connectivity index (χ4v) is 3.94. The van der Waals surface area contributed by atoms with Crippen LogP contribution in [0.5, 0.6) is 0 Å². The van der Waals surface area contributed by atoms with E-state index in [0.29, 0.717) is 0 Å². The maximum atomic E-state index is 6.52. The van der Waals surface area contributed by atoms with Crippen LogP contribution in [0.15, 0.2) is 66.5 Å². The van der Waals surface area contributed by atoms with E-state index < -0.39 is 0 Å². The molecular weight excluding hydrogens is 304 g/mol. The van der Waals surface area contributed by atoms with Crippen LogP contribution in [-0.2, 0) is 25.7 Å². The molecule has 2 nitrogen and oxygen atoms in total. The van der Waals surface area contributed by atoms with E-state index in [4.69, 9.17) is 5.73 Å². The highest BCUT2D eigenvalue weighted by atomic mass is 14.7. The van der Waals surface area contributed by atoms with E-state index in [1.807, 2.05) is 6.07 Å². The Morgan fingerprint density at radius 3 is 2.88 bits per heavy atom. The van der Waals surface area contributed by atoms with Gasteiger partial charge in [-0.2, -0.15) is 0 Å². The van der Waals surface area contributed by atoms with Gasteiger partial charge >= 0.3 is 0 Å². The molecule has 0 saturated heterocycles. The summed E-state index contributed by atoms with van der Waals surface area (Å²) < 4.78 is 0. The Bertz CT molecular complexity index is 957. The average molecular weight is 328 g/mol. The number of hydrogen-bond acceptors (Lipinski definition) is 1. The largest absolute Gasteiger partial charge is 0.361 e. The maximum absolute atomic E-state index is 6.52. The number of para-hydroxylation sites is 1. The maximum Gasteiger partial charge on any atom is 0.0456 e. The van der Waals surface area contributed by atoms with Crippen LogP contribution in [0.3, 0.4) is 0 Å². The van der Waals surface area contributed by atoms with Gasteiger partial charge in [-0.05, 0) is 59.6 Å². The van der Waals surface area contributed by atoms with Crippen molar-refractivity contribution in [1.82, 2.24) is 4.98 Å². The molecule has 4 rings (SSSR count). The highest BCUT2D eigenvalue weighted by molar-refractivity contribution is 5.83. The number of benzene rings is 2. The number of rotatable bonds is 5. The first-order valence-corrected chi connectivity index (χ1v) is 9.04. The highest BCUT2D eigenvalue weighted by Gasteiger charge is 2.15. The van der Waals surface area contributed by atoms with Crippen molar-refractivity contribution in [2.24, 2.45) is 5.73 Å². The SMILES string of the molecule is C=C=C(Cc1ccc2c(c1)CCC2)C(N)Cc1c[nH]c2ccccc12. The van der Waals surface area contributed by atoms with E-state index in [1.54, 1.807) is 0 Å². The summed E-state index contributed by atoms with van der Waals surface area (Å²) in [6, 6.07) is 15.2. The van der Waals surface area contributed by atoms with Crippen molar-refractivity contribution in [2.45, 2.75) is 38.1 Å². The number of nitrogens with one attached hydrogen (secondary N) is 1. The summed E-state index contributed by atoms with van der Waals surface area (Å²) in [5.41, 5.74) is 17.5. The van der Waals surface area contributed by atoms with Crippen LogP contribution < -0.4 is 5.73 Å². The number of fused-ring (bicyclic) bond motifs is 2. The van der Waals surface area contributed by atoms with E-state index in [0.717, 1.165) is 23.9 Å². The lowest BCUT2D eigenvalue weighted by Gasteiger charge is -2.15. The van der Waals surface area contributed by atoms with Gasteiger partial charge < -0.3 is 10.7 Å². The zero-order valence-corrected chi connectivity index (χ0v) is 14.5. The minimum Gasteiger partial charge on any atom is -0.361 e. The molecule has 0 bridgehead atoms. The number of hydrogen-bond donors (Lipinski definition) is 2. The van der Waals surface area contributed by atoms with Gasteiger partial charge in [-0.3, -0.25) is 0 Å². The van der Waals surface area contributed by atoms with Gasteiger partial charge in [0.05, 0.1) is 0 Å². The molecule has 2 aromatic carbocycles. The van der Waals surface area contributed by atoms with Crippen LogP contribution >= 0.6 is 0 Å². The van der Waals surface area contributed by atoms with E-state index in [9.17, 15) is 0 Å². The first kappa shape index (κ1) is 16.0. The van der Waals surface area contributed by atoms with E-state index in [2.05, 4.69) is 59.9 Å². The number of aryl methyl sites for hydroxylation is 2. The lowest BCUT2D eigenvalue weighted by molar-refractivity contribution is 0.746. The molecule has 1 aromatic heterocycles. The number of aromatic nitrogens is 1. The zero-order chi connectivity index (χ0) is 17.2. The normalized spacial score (nSPS) is 14.3. The molecule has 25 heavy (non-hydrogen) atoms. The predicted molar refractivity (Wildman–Crippen MR) is 105 cm³/mol. The molecule has 1 aliphatic carbocycles. The second-order valence-corrected chi connectivity index (χ2v) is 7.01. The van der Waals surface area contributed by atoms with Crippen LogP contribution in [0, 0.1) is 0 Å². The van der Waals surface area contributed by atoms with Gasteiger partial charge in [-0.25, -0.2) is 0 Å². The zero-order valence-electron chi connectivity index (χ0n) is 14.5. The van der Waals surface area contributed by atoms with Crippen molar-refractivity contribution in [1.29, 1.82) is 0 Å². The minimum absolute atomic E-state index is 0.0649. The number of H-pyrrole nitrogens is 1. The van der Waals surface area contributed by atoms with E-state index >= 15 is 0 Å². The second-order valence-electron chi connectivity index (χ2n) is 7.01. The van der Waals surface area contributed by atoms with Gasteiger partial charge in [0.25, 0.3) is 0 Å². The van der Waals surface area contributed by atoms with Crippen molar-refractivity contribution in [2.75, 3.05) is 0 Å². The first-order chi connectivity index (χ1) is 12.2. The molecule has 3 aromatic rings. The van der Waals surface area contributed by atoms with Crippen LogP contribution in [0.25, 0.3) is 10.9 Å². The molecule has 1 heterocycles. The summed E-state index contributed by atoms with van der Waals surface area (Å²) in [4.78, 5) is 3.33. The fraction of sp³-hybridized carbons (Fsp3) is 0.261. The number of aromatic amines is 1. The van der Waals surface area contributed by atoms with E-state index in [1.165, 1.54) is 46.9 Å². The average Bonchev–Trinajstić information content (AvgIpc) is 3.26. The van der Waals surface area contributed by atoms with Gasteiger partial charge in [-0.15, -0.1) is 5.73 Å². The van der Waals surface area contributed by atoms with Crippen molar-refractivity contribution >= 4 is 10.9 Å². The van der Waals surface area contributed by atoms with Gasteiger partial charge in [0.15, 0.2) is 0 Å². The molecule has 0 radical (unpaired) electrons. The second kappa shape index (κ2) is 6.76. The minimum atomic E-state index is -0.0649. The summed E-state index contributed by atoms with van der Waals surface area (Å²) in [7, 11) is 0. The smallest absolute Gasteiger partial charge is 0.0456 e. The third kappa shape index (κ3) is 3.19. The van der Waals surface area contributed by atoms with Gasteiger partial charge in [0, 0.05) is 29.6 Å². The quantitative estimate of drug-likeness (QED) is 0.666. The summed E-state index contributed by atoms with van der Waals surface area (Å²) >= 11 is 0. The van der Waals surface area contributed by atoms with Crippen LogP contribution in [-0.4, -0.2) is 11.0 Å². The Kier molecular flexibility index (Phi) is 4.31. The molecule has 0 spiro atoms.